The quantitative estimate of drug-likeness (QED) is 0.832. The molecule has 1 fully saturated rings. The Morgan fingerprint density at radius 3 is 2.47 bits per heavy atom. The summed E-state index contributed by atoms with van der Waals surface area (Å²) in [6, 6.07) is 9.23. The zero-order valence-corrected chi connectivity index (χ0v) is 12.2. The molecule has 17 heavy (non-hydrogen) atoms. The van der Waals surface area contributed by atoms with Crippen molar-refractivity contribution in [3.63, 3.8) is 0 Å². The molecule has 0 spiro atoms. The van der Waals surface area contributed by atoms with E-state index >= 15 is 0 Å². The van der Waals surface area contributed by atoms with Crippen molar-refractivity contribution in [3.8, 4) is 0 Å². The maximum atomic E-state index is 3.49. The zero-order chi connectivity index (χ0) is 12.1. The van der Waals surface area contributed by atoms with Gasteiger partial charge in [-0.1, -0.05) is 53.7 Å². The van der Waals surface area contributed by atoms with Gasteiger partial charge in [0.1, 0.15) is 0 Å². The summed E-state index contributed by atoms with van der Waals surface area (Å²) in [6.45, 7) is 0. The van der Waals surface area contributed by atoms with E-state index < -0.39 is 0 Å². The van der Waals surface area contributed by atoms with Crippen molar-refractivity contribution < 1.29 is 0 Å². The van der Waals surface area contributed by atoms with Gasteiger partial charge in [-0.05, 0) is 43.5 Å². The Morgan fingerprint density at radius 2 is 1.88 bits per heavy atom. The first-order valence-electron chi connectivity index (χ1n) is 6.72. The third kappa shape index (κ3) is 3.82. The van der Waals surface area contributed by atoms with Gasteiger partial charge in [0.05, 0.1) is 0 Å². The van der Waals surface area contributed by atoms with Crippen LogP contribution in [-0.4, -0.2) is 7.05 Å². The maximum Gasteiger partial charge on any atom is 0.0317 e. The van der Waals surface area contributed by atoms with Gasteiger partial charge in [0.2, 0.25) is 0 Å². The van der Waals surface area contributed by atoms with E-state index in [1.54, 1.807) is 0 Å². The fourth-order valence-electron chi connectivity index (χ4n) is 2.87. The van der Waals surface area contributed by atoms with Gasteiger partial charge < -0.3 is 5.32 Å². The molecule has 1 aromatic carbocycles. The number of hydrogen-bond donors (Lipinski definition) is 1. The molecule has 2 rings (SSSR count). The van der Waals surface area contributed by atoms with Gasteiger partial charge >= 0.3 is 0 Å². The molecule has 1 atom stereocenters. The van der Waals surface area contributed by atoms with Crippen LogP contribution in [0, 0.1) is 5.92 Å². The van der Waals surface area contributed by atoms with Crippen molar-refractivity contribution in [2.75, 3.05) is 7.05 Å². The normalized spacial score (nSPS) is 18.5. The molecular formula is C15H22BrN. The Kier molecular flexibility index (Phi) is 5.05. The third-order valence-electron chi connectivity index (χ3n) is 3.96. The highest BCUT2D eigenvalue weighted by Gasteiger charge is 2.17. The van der Waals surface area contributed by atoms with Crippen LogP contribution in [0.3, 0.4) is 0 Å². The highest BCUT2D eigenvalue weighted by molar-refractivity contribution is 9.10. The molecule has 1 saturated carbocycles. The van der Waals surface area contributed by atoms with Crippen LogP contribution in [0.5, 0.6) is 0 Å². The second-order valence-electron chi connectivity index (χ2n) is 5.12. The molecule has 0 bridgehead atoms. The van der Waals surface area contributed by atoms with Crippen molar-refractivity contribution >= 4 is 15.9 Å². The van der Waals surface area contributed by atoms with E-state index in [-0.39, 0.29) is 0 Å². The van der Waals surface area contributed by atoms with Crippen molar-refractivity contribution in [2.24, 2.45) is 5.92 Å². The molecule has 1 aromatic rings. The number of nitrogens with one attached hydrogen (secondary N) is 1. The summed E-state index contributed by atoms with van der Waals surface area (Å²) in [5, 5.41) is 3.45. The lowest BCUT2D eigenvalue weighted by molar-refractivity contribution is 0.427. The summed E-state index contributed by atoms with van der Waals surface area (Å²) in [6.07, 6.45) is 8.46. The first-order valence-corrected chi connectivity index (χ1v) is 7.51. The van der Waals surface area contributed by atoms with Crippen LogP contribution < -0.4 is 5.32 Å². The fraction of sp³-hybridized carbons (Fsp3) is 0.600. The van der Waals surface area contributed by atoms with Gasteiger partial charge in [-0.15, -0.1) is 0 Å². The number of hydrogen-bond acceptors (Lipinski definition) is 1. The van der Waals surface area contributed by atoms with Gasteiger partial charge in [-0.25, -0.2) is 0 Å². The van der Waals surface area contributed by atoms with Gasteiger partial charge in [0.25, 0.3) is 0 Å². The summed E-state index contributed by atoms with van der Waals surface area (Å²) in [5.74, 6) is 0.987. The van der Waals surface area contributed by atoms with Gasteiger partial charge in [-0.3, -0.25) is 0 Å². The van der Waals surface area contributed by atoms with E-state index in [1.165, 1.54) is 44.1 Å². The average molecular weight is 296 g/mol. The fourth-order valence-corrected chi connectivity index (χ4v) is 3.14. The Labute approximate surface area is 113 Å². The van der Waals surface area contributed by atoms with Crippen LogP contribution in [0.15, 0.2) is 28.7 Å². The molecule has 0 heterocycles. The van der Waals surface area contributed by atoms with Gasteiger partial charge in [0.15, 0.2) is 0 Å². The Balaban J connectivity index is 1.89. The number of benzene rings is 1. The topological polar surface area (TPSA) is 12.0 Å². The maximum absolute atomic E-state index is 3.49. The first-order chi connectivity index (χ1) is 8.29. The molecule has 2 heteroatoms. The monoisotopic (exact) mass is 295 g/mol. The molecule has 0 saturated heterocycles. The number of rotatable bonds is 5. The predicted octanol–water partition coefficient (Wildman–Crippen LogP) is 4.68. The lowest BCUT2D eigenvalue weighted by Gasteiger charge is -2.19. The second kappa shape index (κ2) is 6.55. The highest BCUT2D eigenvalue weighted by Crippen LogP contribution is 2.31. The van der Waals surface area contributed by atoms with E-state index in [0.717, 1.165) is 10.4 Å². The second-order valence-corrected chi connectivity index (χ2v) is 6.04. The molecule has 0 radical (unpaired) electrons. The molecule has 1 N–H and O–H groups in total. The highest BCUT2D eigenvalue weighted by atomic mass is 79.9. The molecular weight excluding hydrogens is 274 g/mol. The lowest BCUT2D eigenvalue weighted by Crippen LogP contribution is -2.17. The van der Waals surface area contributed by atoms with E-state index in [0.29, 0.717) is 6.04 Å². The van der Waals surface area contributed by atoms with Crippen molar-refractivity contribution in [1.82, 2.24) is 5.32 Å². The first kappa shape index (κ1) is 13.1. The largest absolute Gasteiger partial charge is 0.313 e. The molecule has 0 amide bonds. The molecule has 1 nitrogen and oxygen atoms in total. The smallest absolute Gasteiger partial charge is 0.0317 e. The minimum Gasteiger partial charge on any atom is -0.313 e. The Bertz CT molecular complexity index is 327. The molecule has 94 valence electrons. The van der Waals surface area contributed by atoms with Gasteiger partial charge in [0, 0.05) is 10.5 Å². The molecule has 1 aliphatic carbocycles. The van der Waals surface area contributed by atoms with Gasteiger partial charge in [-0.2, -0.15) is 0 Å². The summed E-state index contributed by atoms with van der Waals surface area (Å²) in [7, 11) is 2.07. The van der Waals surface area contributed by atoms with Crippen molar-refractivity contribution in [3.05, 3.63) is 34.3 Å². The van der Waals surface area contributed by atoms with Crippen LogP contribution >= 0.6 is 15.9 Å². The standard InChI is InChI=1S/C15H22BrN/c1-17-15(11-6-12-4-2-3-5-12)13-7-9-14(16)10-8-13/h7-10,12,15,17H,2-6,11H2,1H3. The van der Waals surface area contributed by atoms with Crippen LogP contribution in [0.1, 0.15) is 50.1 Å². The van der Waals surface area contributed by atoms with E-state index in [9.17, 15) is 0 Å². The van der Waals surface area contributed by atoms with E-state index in [2.05, 4.69) is 52.6 Å². The number of halogens is 1. The SMILES string of the molecule is CNC(CCC1CCCC1)c1ccc(Br)cc1. The molecule has 0 aliphatic heterocycles. The lowest BCUT2D eigenvalue weighted by atomic mass is 9.95. The molecule has 1 aliphatic rings. The summed E-state index contributed by atoms with van der Waals surface area (Å²) < 4.78 is 1.16. The van der Waals surface area contributed by atoms with Crippen LogP contribution in [0.2, 0.25) is 0 Å². The minimum atomic E-state index is 0.517. The molecule has 0 aromatic heterocycles. The van der Waals surface area contributed by atoms with E-state index in [1.807, 2.05) is 0 Å². The minimum absolute atomic E-state index is 0.517. The zero-order valence-electron chi connectivity index (χ0n) is 10.6. The van der Waals surface area contributed by atoms with E-state index in [4.69, 9.17) is 0 Å². The van der Waals surface area contributed by atoms with Crippen molar-refractivity contribution in [2.45, 2.75) is 44.6 Å². The third-order valence-corrected chi connectivity index (χ3v) is 4.49. The summed E-state index contributed by atoms with van der Waals surface area (Å²) in [5.41, 5.74) is 1.41. The van der Waals surface area contributed by atoms with Crippen LogP contribution in [0.25, 0.3) is 0 Å². The summed E-state index contributed by atoms with van der Waals surface area (Å²) in [4.78, 5) is 0. The molecule has 1 unspecified atom stereocenters. The Hall–Kier alpha value is -0.340. The van der Waals surface area contributed by atoms with Crippen LogP contribution in [0.4, 0.5) is 0 Å². The van der Waals surface area contributed by atoms with Crippen molar-refractivity contribution in [1.29, 1.82) is 0 Å². The predicted molar refractivity (Wildman–Crippen MR) is 77.1 cm³/mol. The summed E-state index contributed by atoms with van der Waals surface area (Å²) >= 11 is 3.49. The average Bonchev–Trinajstić information content (AvgIpc) is 2.85. The van der Waals surface area contributed by atoms with Crippen LogP contribution in [-0.2, 0) is 0 Å². The Morgan fingerprint density at radius 1 is 1.24 bits per heavy atom.